The van der Waals surface area contributed by atoms with Crippen molar-refractivity contribution in [1.82, 2.24) is 0 Å². The lowest BCUT2D eigenvalue weighted by molar-refractivity contribution is -0.129. The van der Waals surface area contributed by atoms with E-state index >= 15 is 0 Å². The summed E-state index contributed by atoms with van der Waals surface area (Å²) in [4.78, 5) is 39.0. The first kappa shape index (κ1) is 42.3. The predicted molar refractivity (Wildman–Crippen MR) is 217 cm³/mol. The molecule has 0 fully saturated rings. The van der Waals surface area contributed by atoms with Crippen LogP contribution < -0.4 is 0 Å². The number of carbonyl (C=O) groups is 3. The van der Waals surface area contributed by atoms with Gasteiger partial charge in [0.25, 0.3) is 0 Å². The molecule has 2 aliphatic rings. The number of carbonyl (C=O) groups excluding carboxylic acids is 3. The molecule has 3 nitrogen and oxygen atoms in total. The van der Waals surface area contributed by atoms with Crippen LogP contribution in [0.3, 0.4) is 0 Å². The molecule has 0 amide bonds. The van der Waals surface area contributed by atoms with Gasteiger partial charge in [0.15, 0.2) is 5.78 Å². The van der Waals surface area contributed by atoms with E-state index in [-0.39, 0.29) is 41.5 Å². The highest BCUT2D eigenvalue weighted by Gasteiger charge is 2.35. The second-order valence-corrected chi connectivity index (χ2v) is 16.6. The van der Waals surface area contributed by atoms with Gasteiger partial charge in [-0.1, -0.05) is 135 Å². The van der Waals surface area contributed by atoms with Crippen LogP contribution in [0.25, 0.3) is 5.57 Å². The molecule has 280 valence electrons. The summed E-state index contributed by atoms with van der Waals surface area (Å²) in [6.07, 6.45) is 16.7. The van der Waals surface area contributed by atoms with E-state index in [0.717, 1.165) is 62.5 Å². The molecule has 0 heterocycles. The second kappa shape index (κ2) is 20.8. The van der Waals surface area contributed by atoms with Crippen molar-refractivity contribution in [3.63, 3.8) is 0 Å². The Kier molecular flexibility index (Phi) is 17.3. The van der Waals surface area contributed by atoms with Crippen molar-refractivity contribution >= 4 is 22.9 Å². The van der Waals surface area contributed by atoms with E-state index in [1.165, 1.54) is 59.6 Å². The van der Waals surface area contributed by atoms with Gasteiger partial charge >= 0.3 is 0 Å². The summed E-state index contributed by atoms with van der Waals surface area (Å²) in [5, 5.41) is 0. The fourth-order valence-corrected chi connectivity index (χ4v) is 8.75. The van der Waals surface area contributed by atoms with Gasteiger partial charge in [0, 0.05) is 17.9 Å². The van der Waals surface area contributed by atoms with Crippen molar-refractivity contribution in [1.29, 1.82) is 0 Å². The van der Waals surface area contributed by atoms with Gasteiger partial charge < -0.3 is 0 Å². The van der Waals surface area contributed by atoms with Crippen LogP contribution in [0.2, 0.25) is 0 Å². The molecule has 3 heteroatoms. The highest BCUT2D eigenvalue weighted by Crippen LogP contribution is 2.43. The first-order valence-electron chi connectivity index (χ1n) is 20.5. The zero-order valence-electron chi connectivity index (χ0n) is 34.0. The van der Waals surface area contributed by atoms with Crippen LogP contribution in [0.5, 0.6) is 0 Å². The average molecular weight is 695 g/mol. The summed E-state index contributed by atoms with van der Waals surface area (Å²) in [6.45, 7) is 21.3. The molecule has 0 N–H and O–H groups in total. The Balaban J connectivity index is 0.00000226. The number of rotatable bonds is 18. The Hall–Kier alpha value is -3.07. The first-order valence-corrected chi connectivity index (χ1v) is 20.5. The number of hydrogen-bond acceptors (Lipinski definition) is 3. The maximum absolute atomic E-state index is 14.1. The van der Waals surface area contributed by atoms with Gasteiger partial charge in [0.1, 0.15) is 11.6 Å². The van der Waals surface area contributed by atoms with Crippen LogP contribution in [0.4, 0.5) is 0 Å². The summed E-state index contributed by atoms with van der Waals surface area (Å²) in [5.41, 5.74) is 10.2. The van der Waals surface area contributed by atoms with Gasteiger partial charge in [-0.2, -0.15) is 0 Å². The van der Waals surface area contributed by atoms with Crippen LogP contribution in [0, 0.1) is 36.5 Å². The molecule has 0 saturated carbocycles. The monoisotopic (exact) mass is 695 g/mol. The van der Waals surface area contributed by atoms with Gasteiger partial charge in [-0.25, -0.2) is 0 Å². The molecule has 0 saturated heterocycles. The lowest BCUT2D eigenvalue weighted by Gasteiger charge is -2.33. The maximum atomic E-state index is 14.1. The van der Waals surface area contributed by atoms with Crippen molar-refractivity contribution in [2.75, 3.05) is 0 Å². The van der Waals surface area contributed by atoms with Crippen LogP contribution in [0.15, 0.2) is 54.1 Å². The third-order valence-corrected chi connectivity index (χ3v) is 11.1. The third-order valence-electron chi connectivity index (χ3n) is 11.1. The zero-order chi connectivity index (χ0) is 37.7. The van der Waals surface area contributed by atoms with Crippen LogP contribution >= 0.6 is 0 Å². The number of allylic oxidation sites excluding steroid dienone is 4. The summed E-state index contributed by atoms with van der Waals surface area (Å²) in [5.74, 6) is 2.29. The minimum atomic E-state index is -0.104. The van der Waals surface area contributed by atoms with Crippen molar-refractivity contribution in [2.45, 2.75) is 159 Å². The minimum Gasteiger partial charge on any atom is -0.300 e. The first-order chi connectivity index (χ1) is 24.3. The zero-order valence-corrected chi connectivity index (χ0v) is 34.0. The molecular formula is C48H70O3. The summed E-state index contributed by atoms with van der Waals surface area (Å²) >= 11 is 0. The fourth-order valence-electron chi connectivity index (χ4n) is 8.75. The molecule has 2 aromatic rings. The molecule has 0 radical (unpaired) electrons. The lowest BCUT2D eigenvalue weighted by Crippen LogP contribution is -2.30. The van der Waals surface area contributed by atoms with E-state index in [1.807, 2.05) is 0 Å². The fraction of sp³-hybridized carbons (Fsp3) is 0.604. The normalized spacial score (nSPS) is 17.3. The molecular weight excluding hydrogens is 625 g/mol. The van der Waals surface area contributed by atoms with E-state index in [0.29, 0.717) is 24.2 Å². The smallest absolute Gasteiger partial charge is 0.163 e. The van der Waals surface area contributed by atoms with E-state index < -0.39 is 0 Å². The Bertz CT molecular complexity index is 1500. The molecule has 4 unspecified atom stereocenters. The largest absolute Gasteiger partial charge is 0.300 e. The van der Waals surface area contributed by atoms with E-state index in [1.54, 1.807) is 0 Å². The van der Waals surface area contributed by atoms with Gasteiger partial charge in [-0.15, -0.1) is 0 Å². The third kappa shape index (κ3) is 12.3. The number of ketones is 3. The van der Waals surface area contributed by atoms with Crippen molar-refractivity contribution in [3.05, 3.63) is 87.5 Å². The highest BCUT2D eigenvalue weighted by atomic mass is 16.1. The predicted octanol–water partition coefficient (Wildman–Crippen LogP) is 13.1. The number of hydrogen-bond donors (Lipinski definition) is 0. The van der Waals surface area contributed by atoms with E-state index in [2.05, 4.69) is 111 Å². The molecule has 0 aromatic heterocycles. The average Bonchev–Trinajstić information content (AvgIpc) is 3.52. The van der Waals surface area contributed by atoms with Crippen LogP contribution in [-0.4, -0.2) is 17.3 Å². The number of Topliss-reactive ketones (excluding diaryl/α,β-unsaturated/α-hetero) is 3. The summed E-state index contributed by atoms with van der Waals surface area (Å²) < 4.78 is 0. The highest BCUT2D eigenvalue weighted by molar-refractivity contribution is 6.02. The molecule has 4 rings (SSSR count). The van der Waals surface area contributed by atoms with Gasteiger partial charge in [0.05, 0.1) is 6.42 Å². The van der Waals surface area contributed by atoms with Gasteiger partial charge in [0.2, 0.25) is 0 Å². The van der Waals surface area contributed by atoms with Gasteiger partial charge in [-0.3, -0.25) is 14.4 Å². The number of benzene rings is 2. The Morgan fingerprint density at radius 2 is 1.57 bits per heavy atom. The van der Waals surface area contributed by atoms with Crippen LogP contribution in [0.1, 0.15) is 177 Å². The molecule has 0 spiro atoms. The van der Waals surface area contributed by atoms with Crippen molar-refractivity contribution < 1.29 is 14.4 Å². The summed E-state index contributed by atoms with van der Waals surface area (Å²) in [6, 6.07) is 13.3. The molecule has 51 heavy (non-hydrogen) atoms. The van der Waals surface area contributed by atoms with Crippen molar-refractivity contribution in [2.24, 2.45) is 29.6 Å². The molecule has 0 aliphatic heterocycles. The molecule has 0 bridgehead atoms. The minimum absolute atomic E-state index is 0.0304. The molecule has 2 aromatic carbocycles. The molecule has 2 aliphatic carbocycles. The number of fused-ring (bicyclic) bond motifs is 1. The Labute approximate surface area is 312 Å². The van der Waals surface area contributed by atoms with Crippen LogP contribution in [-0.2, 0) is 22.4 Å². The lowest BCUT2D eigenvalue weighted by atomic mass is 9.70. The van der Waals surface area contributed by atoms with Crippen molar-refractivity contribution in [3.8, 4) is 0 Å². The van der Waals surface area contributed by atoms with Gasteiger partial charge in [-0.05, 0) is 122 Å². The SMILES string of the molecule is CCC.CCCC(CC1CC(=O)c2c(C)c(C3=CC=C(CC(CCC(C)C)Cc4ccccc4)C3)cc(C(C)C)c2C1)C(CC)C(=O)CC(C)=O. The quantitative estimate of drug-likeness (QED) is 0.146. The maximum Gasteiger partial charge on any atom is 0.163 e. The standard InChI is InChI=1S/C45H62O3.C3H8/c1-9-14-37(39(10-2)43(47)21-31(7)46)25-36-26-42-40(30(5)6)28-41(32(8)45(42)44(48)27-36)38-20-19-35(24-38)23-34(18-17-29(3)4)22-33-15-12-11-13-16-33;1-3-2/h11-13,15-16,19-20,28-30,34,36-37,39H,9-10,14,17-18,21-27H2,1-8H3;3H2,1-2H3. The summed E-state index contributed by atoms with van der Waals surface area (Å²) in [7, 11) is 0. The Morgan fingerprint density at radius 1 is 0.882 bits per heavy atom. The van der Waals surface area contributed by atoms with E-state index in [9.17, 15) is 14.4 Å². The van der Waals surface area contributed by atoms with E-state index in [4.69, 9.17) is 0 Å². The second-order valence-electron chi connectivity index (χ2n) is 16.6. The Morgan fingerprint density at radius 3 is 2.16 bits per heavy atom. The topological polar surface area (TPSA) is 51.2 Å². The molecule has 4 atom stereocenters.